The molecule has 21 heavy (non-hydrogen) atoms. The number of ketones is 1. The van der Waals surface area contributed by atoms with Crippen molar-refractivity contribution in [3.63, 3.8) is 0 Å². The average molecular weight is 294 g/mol. The Bertz CT molecular complexity index is 472. The van der Waals surface area contributed by atoms with Crippen LogP contribution in [0, 0.1) is 5.92 Å². The lowest BCUT2D eigenvalue weighted by molar-refractivity contribution is -0.130. The highest BCUT2D eigenvalue weighted by molar-refractivity contribution is 5.88. The van der Waals surface area contributed by atoms with E-state index < -0.39 is 11.1 Å². The molecule has 1 amide bonds. The molecule has 0 aromatic rings. The second-order valence-corrected chi connectivity index (χ2v) is 6.94. The molecule has 2 aliphatic rings. The largest absolute Gasteiger partial charge is 0.444 e. The van der Waals surface area contributed by atoms with Gasteiger partial charge in [-0.3, -0.25) is 4.79 Å². The van der Waals surface area contributed by atoms with E-state index in [0.29, 0.717) is 25.9 Å². The van der Waals surface area contributed by atoms with Crippen LogP contribution in [0.15, 0.2) is 4.99 Å². The molecule has 0 spiro atoms. The van der Waals surface area contributed by atoms with E-state index in [0.717, 1.165) is 12.8 Å². The Hall–Kier alpha value is -1.68. The number of aliphatic imine (C=N–C) groups is 1. The third-order valence-corrected chi connectivity index (χ3v) is 4.18. The van der Waals surface area contributed by atoms with E-state index in [1.165, 1.54) is 0 Å². The van der Waals surface area contributed by atoms with Crippen LogP contribution in [0.2, 0.25) is 0 Å². The molecule has 1 saturated heterocycles. The van der Waals surface area contributed by atoms with Crippen LogP contribution in [-0.2, 0) is 14.3 Å². The number of carbonyl (C=O) groups excluding carboxylic acids is 3. The summed E-state index contributed by atoms with van der Waals surface area (Å²) in [7, 11) is 0. The molecular formula is C15H22N2O4. The number of nitrogens with zero attached hydrogens (tertiary/aromatic N) is 2. The Labute approximate surface area is 124 Å². The molecule has 0 N–H and O–H groups in total. The summed E-state index contributed by atoms with van der Waals surface area (Å²) >= 11 is 0. The normalized spacial score (nSPS) is 22.2. The molecule has 0 bridgehead atoms. The fourth-order valence-corrected chi connectivity index (χ4v) is 3.11. The van der Waals surface area contributed by atoms with Crippen LogP contribution in [-0.4, -0.2) is 47.1 Å². The highest BCUT2D eigenvalue weighted by Gasteiger charge is 2.50. The number of piperidine rings is 1. The van der Waals surface area contributed by atoms with Gasteiger partial charge in [0.2, 0.25) is 6.08 Å². The van der Waals surface area contributed by atoms with Crippen molar-refractivity contribution >= 4 is 18.0 Å². The zero-order valence-corrected chi connectivity index (χ0v) is 12.8. The number of ether oxygens (including phenoxy) is 1. The van der Waals surface area contributed by atoms with Crippen molar-refractivity contribution in [3.8, 4) is 0 Å². The smallest absolute Gasteiger partial charge is 0.410 e. The van der Waals surface area contributed by atoms with Crippen LogP contribution >= 0.6 is 0 Å². The van der Waals surface area contributed by atoms with Crippen LogP contribution in [0.4, 0.5) is 4.79 Å². The first-order chi connectivity index (χ1) is 9.76. The Kier molecular flexibility index (Phi) is 4.19. The first-order valence-electron chi connectivity index (χ1n) is 7.34. The molecule has 1 saturated carbocycles. The summed E-state index contributed by atoms with van der Waals surface area (Å²) in [6.07, 6.45) is 3.44. The standard InChI is InChI=1S/C15H22N2O4/c1-14(2,3)21-13(20)17-6-4-11(5-7-17)15(16-10-18)8-12(19)9-15/h11H,4-9H2,1-3H3. The average Bonchev–Trinajstić information content (AvgIpc) is 2.35. The molecule has 0 atom stereocenters. The van der Waals surface area contributed by atoms with Gasteiger partial charge in [0.15, 0.2) is 0 Å². The topological polar surface area (TPSA) is 76.0 Å². The lowest BCUT2D eigenvalue weighted by atomic mass is 9.65. The SMILES string of the molecule is CC(C)(C)OC(=O)N1CCC(C2(N=C=O)CC(=O)C2)CC1. The van der Waals surface area contributed by atoms with Gasteiger partial charge in [-0.25, -0.2) is 9.59 Å². The van der Waals surface area contributed by atoms with Gasteiger partial charge < -0.3 is 9.64 Å². The van der Waals surface area contributed by atoms with E-state index in [1.807, 2.05) is 20.8 Å². The van der Waals surface area contributed by atoms with Gasteiger partial charge >= 0.3 is 6.09 Å². The van der Waals surface area contributed by atoms with Crippen molar-refractivity contribution < 1.29 is 19.1 Å². The van der Waals surface area contributed by atoms with Crippen molar-refractivity contribution in [1.29, 1.82) is 0 Å². The van der Waals surface area contributed by atoms with Gasteiger partial charge in [0.25, 0.3) is 0 Å². The molecular weight excluding hydrogens is 272 g/mol. The fourth-order valence-electron chi connectivity index (χ4n) is 3.11. The first kappa shape index (κ1) is 15.7. The monoisotopic (exact) mass is 294 g/mol. The molecule has 6 nitrogen and oxygen atoms in total. The molecule has 1 heterocycles. The number of hydrogen-bond acceptors (Lipinski definition) is 5. The molecule has 0 unspecified atom stereocenters. The zero-order chi connectivity index (χ0) is 15.7. The van der Waals surface area contributed by atoms with E-state index >= 15 is 0 Å². The van der Waals surface area contributed by atoms with Crippen LogP contribution in [0.1, 0.15) is 46.5 Å². The van der Waals surface area contributed by atoms with E-state index in [1.54, 1.807) is 11.0 Å². The summed E-state index contributed by atoms with van der Waals surface area (Å²) in [5.41, 5.74) is -1.06. The van der Waals surface area contributed by atoms with Crippen LogP contribution in [0.25, 0.3) is 0 Å². The van der Waals surface area contributed by atoms with E-state index in [-0.39, 0.29) is 17.8 Å². The third kappa shape index (κ3) is 3.50. The second-order valence-electron chi connectivity index (χ2n) is 6.94. The number of hydrogen-bond donors (Lipinski definition) is 0. The lowest BCUT2D eigenvalue weighted by Gasteiger charge is -2.45. The summed E-state index contributed by atoms with van der Waals surface area (Å²) < 4.78 is 5.35. The molecule has 1 aliphatic heterocycles. The number of Topliss-reactive ketones (excluding diaryl/α,β-unsaturated/α-hetero) is 1. The number of isocyanates is 1. The summed E-state index contributed by atoms with van der Waals surface area (Å²) in [4.78, 5) is 39.5. The highest BCUT2D eigenvalue weighted by atomic mass is 16.6. The van der Waals surface area contributed by atoms with E-state index in [4.69, 9.17) is 4.74 Å². The van der Waals surface area contributed by atoms with E-state index in [9.17, 15) is 14.4 Å². The number of carbonyl (C=O) groups is 2. The minimum absolute atomic E-state index is 0.142. The summed E-state index contributed by atoms with van der Waals surface area (Å²) in [5, 5.41) is 0. The van der Waals surface area contributed by atoms with Crippen molar-refractivity contribution in [2.75, 3.05) is 13.1 Å². The molecule has 0 radical (unpaired) electrons. The Balaban J connectivity index is 1.92. The third-order valence-electron chi connectivity index (χ3n) is 4.18. The molecule has 116 valence electrons. The molecule has 0 aromatic carbocycles. The predicted octanol–water partition coefficient (Wildman–Crippen LogP) is 2.07. The minimum atomic E-state index is -0.557. The summed E-state index contributed by atoms with van der Waals surface area (Å²) in [6.45, 7) is 6.66. The zero-order valence-electron chi connectivity index (χ0n) is 12.8. The van der Waals surface area contributed by atoms with Crippen molar-refractivity contribution in [2.45, 2.75) is 57.6 Å². The number of amides is 1. The summed E-state index contributed by atoms with van der Waals surface area (Å²) in [6, 6.07) is 0. The van der Waals surface area contributed by atoms with Crippen molar-refractivity contribution in [2.24, 2.45) is 10.9 Å². The molecule has 1 aliphatic carbocycles. The predicted molar refractivity (Wildman–Crippen MR) is 75.6 cm³/mol. The number of likely N-dealkylation sites (tertiary alicyclic amines) is 1. The van der Waals surface area contributed by atoms with Crippen molar-refractivity contribution in [3.05, 3.63) is 0 Å². The second kappa shape index (κ2) is 5.60. The van der Waals surface area contributed by atoms with Crippen LogP contribution in [0.5, 0.6) is 0 Å². The molecule has 6 heteroatoms. The number of rotatable bonds is 2. The van der Waals surface area contributed by atoms with Gasteiger partial charge in [0, 0.05) is 25.9 Å². The van der Waals surface area contributed by atoms with Gasteiger partial charge in [0.05, 0.1) is 5.54 Å². The van der Waals surface area contributed by atoms with Gasteiger partial charge in [-0.15, -0.1) is 0 Å². The fraction of sp³-hybridized carbons (Fsp3) is 0.800. The minimum Gasteiger partial charge on any atom is -0.444 e. The molecule has 2 fully saturated rings. The van der Waals surface area contributed by atoms with Crippen LogP contribution < -0.4 is 0 Å². The van der Waals surface area contributed by atoms with Gasteiger partial charge in [-0.1, -0.05) is 0 Å². The maximum Gasteiger partial charge on any atom is 0.410 e. The molecule has 2 rings (SSSR count). The van der Waals surface area contributed by atoms with Crippen LogP contribution in [0.3, 0.4) is 0 Å². The first-order valence-corrected chi connectivity index (χ1v) is 7.34. The Morgan fingerprint density at radius 3 is 2.33 bits per heavy atom. The Morgan fingerprint density at radius 2 is 1.90 bits per heavy atom. The highest BCUT2D eigenvalue weighted by Crippen LogP contribution is 2.44. The van der Waals surface area contributed by atoms with Gasteiger partial charge in [-0.2, -0.15) is 4.99 Å². The van der Waals surface area contributed by atoms with Gasteiger partial charge in [-0.05, 0) is 39.5 Å². The summed E-state index contributed by atoms with van der Waals surface area (Å²) in [5.74, 6) is 0.305. The van der Waals surface area contributed by atoms with Crippen molar-refractivity contribution in [1.82, 2.24) is 4.90 Å². The van der Waals surface area contributed by atoms with Gasteiger partial charge in [0.1, 0.15) is 11.4 Å². The lowest BCUT2D eigenvalue weighted by Crippen LogP contribution is -2.53. The quantitative estimate of drug-likeness (QED) is 0.577. The molecule has 0 aromatic heterocycles. The Morgan fingerprint density at radius 1 is 1.33 bits per heavy atom. The van der Waals surface area contributed by atoms with E-state index in [2.05, 4.69) is 4.99 Å². The maximum atomic E-state index is 12.0. The maximum absolute atomic E-state index is 12.0.